The van der Waals surface area contributed by atoms with Crippen molar-refractivity contribution in [3.63, 3.8) is 0 Å². The zero-order valence-electron chi connectivity index (χ0n) is 20.9. The van der Waals surface area contributed by atoms with Gasteiger partial charge in [-0.15, -0.1) is 0 Å². The summed E-state index contributed by atoms with van der Waals surface area (Å²) in [5, 5.41) is 5.33. The normalized spacial score (nSPS) is 12.2. The number of phosphoric ester groups is 1. The highest BCUT2D eigenvalue weighted by Crippen LogP contribution is 2.35. The van der Waals surface area contributed by atoms with Crippen LogP contribution in [0.4, 0.5) is 18.9 Å². The number of hydrogen-bond donors (Lipinski definition) is 4. The monoisotopic (exact) mass is 563 g/mol. The summed E-state index contributed by atoms with van der Waals surface area (Å²) < 4.78 is 58.3. The number of amides is 1. The van der Waals surface area contributed by atoms with Crippen LogP contribution in [0, 0.1) is 13.8 Å². The summed E-state index contributed by atoms with van der Waals surface area (Å²) in [5.74, 6) is -0.440. The van der Waals surface area contributed by atoms with Gasteiger partial charge in [0.2, 0.25) is 5.78 Å². The summed E-state index contributed by atoms with van der Waals surface area (Å²) in [6.07, 6.45) is 0.528. The van der Waals surface area contributed by atoms with Gasteiger partial charge >= 0.3 is 14.0 Å². The highest BCUT2D eigenvalue weighted by molar-refractivity contribution is 7.46. The molecule has 0 bridgehead atoms. The first-order valence-corrected chi connectivity index (χ1v) is 13.2. The molecular weight excluding hydrogens is 538 g/mol. The van der Waals surface area contributed by atoms with E-state index in [9.17, 15) is 22.5 Å². The molecule has 0 aliphatic carbocycles. The number of nitrogens with zero attached hydrogens (tertiary/aromatic N) is 3. The predicted molar refractivity (Wildman–Crippen MR) is 137 cm³/mol. The van der Waals surface area contributed by atoms with Gasteiger partial charge in [0, 0.05) is 42.9 Å². The topological polar surface area (TPSA) is 138 Å². The summed E-state index contributed by atoms with van der Waals surface area (Å²) in [7, 11) is -4.63. The molecule has 4 aromatic rings. The van der Waals surface area contributed by atoms with Crippen molar-refractivity contribution in [2.24, 2.45) is 0 Å². The first kappa shape index (κ1) is 28.4. The summed E-state index contributed by atoms with van der Waals surface area (Å²) in [5.41, 5.74) is 1.74. The number of nitrogens with one attached hydrogen (secondary N) is 2. The molecule has 2 aromatic carbocycles. The molecule has 0 saturated carbocycles. The Morgan fingerprint density at radius 2 is 1.90 bits per heavy atom. The second kappa shape index (κ2) is 11.2. The van der Waals surface area contributed by atoms with Crippen LogP contribution in [0.5, 0.6) is 0 Å². The third kappa shape index (κ3) is 7.28. The van der Waals surface area contributed by atoms with Crippen LogP contribution >= 0.6 is 7.82 Å². The smallest absolute Gasteiger partial charge is 0.322 e. The Hall–Kier alpha value is -3.61. The fourth-order valence-corrected chi connectivity index (χ4v) is 4.16. The Bertz CT molecular complexity index is 1570. The molecule has 0 aliphatic rings. The second-order valence-corrected chi connectivity index (χ2v) is 10.1. The molecule has 2 aromatic heterocycles. The zero-order valence-corrected chi connectivity index (χ0v) is 21.8. The number of alkyl halides is 3. The molecule has 0 fully saturated rings. The average Bonchev–Trinajstić information content (AvgIpc) is 3.27. The lowest BCUT2D eigenvalue weighted by molar-refractivity contribution is -0.138. The molecule has 4 N–H and O–H groups in total. The van der Waals surface area contributed by atoms with E-state index in [-0.39, 0.29) is 25.3 Å². The quantitative estimate of drug-likeness (QED) is 0.173. The van der Waals surface area contributed by atoms with E-state index in [0.29, 0.717) is 28.3 Å². The van der Waals surface area contributed by atoms with Crippen molar-refractivity contribution in [3.05, 3.63) is 82.8 Å². The first-order chi connectivity index (χ1) is 18.3. The van der Waals surface area contributed by atoms with Crippen molar-refractivity contribution >= 4 is 25.2 Å². The lowest BCUT2D eigenvalue weighted by Gasteiger charge is -2.16. The minimum atomic E-state index is -4.80. The lowest BCUT2D eigenvalue weighted by atomic mass is 10.0. The van der Waals surface area contributed by atoms with Gasteiger partial charge in [-0.2, -0.15) is 13.2 Å². The van der Waals surface area contributed by atoms with Crippen LogP contribution in [-0.2, 0) is 21.8 Å². The summed E-state index contributed by atoms with van der Waals surface area (Å²) in [6.45, 7) is 3.25. The molecule has 0 radical (unpaired) electrons. The molecule has 4 rings (SSSR count). The van der Waals surface area contributed by atoms with Gasteiger partial charge < -0.3 is 20.4 Å². The number of carbonyl (C=O) groups excluding carboxylic acids is 1. The van der Waals surface area contributed by atoms with E-state index < -0.39 is 31.0 Å². The van der Waals surface area contributed by atoms with Crippen LogP contribution < -0.4 is 10.6 Å². The predicted octanol–water partition coefficient (Wildman–Crippen LogP) is 4.48. The number of imidazole rings is 1. The minimum absolute atomic E-state index is 0.00765. The van der Waals surface area contributed by atoms with Gasteiger partial charge in [0.1, 0.15) is 0 Å². The molecule has 10 nitrogen and oxygen atoms in total. The fourth-order valence-electron chi connectivity index (χ4n) is 3.83. The van der Waals surface area contributed by atoms with E-state index in [1.807, 2.05) is 13.1 Å². The molecule has 0 unspecified atom stereocenters. The number of anilines is 1. The molecule has 39 heavy (non-hydrogen) atoms. The van der Waals surface area contributed by atoms with Crippen LogP contribution in [-0.4, -0.2) is 43.2 Å². The number of halogens is 3. The van der Waals surface area contributed by atoms with Crippen molar-refractivity contribution < 1.29 is 36.8 Å². The zero-order chi connectivity index (χ0) is 28.4. The van der Waals surface area contributed by atoms with Gasteiger partial charge in [-0.05, 0) is 48.7 Å². The van der Waals surface area contributed by atoms with Crippen LogP contribution in [0.15, 0.2) is 55.0 Å². The van der Waals surface area contributed by atoms with Crippen molar-refractivity contribution in [1.29, 1.82) is 0 Å². The first-order valence-electron chi connectivity index (χ1n) is 11.6. The molecule has 0 saturated heterocycles. The molecule has 14 heteroatoms. The van der Waals surface area contributed by atoms with E-state index in [1.54, 1.807) is 41.9 Å². The number of rotatable bonds is 9. The largest absolute Gasteiger partial charge is 0.469 e. The van der Waals surface area contributed by atoms with Crippen LogP contribution in [0.1, 0.15) is 32.6 Å². The maximum Gasteiger partial charge on any atom is 0.469 e. The van der Waals surface area contributed by atoms with E-state index in [0.717, 1.165) is 17.7 Å². The van der Waals surface area contributed by atoms with Crippen LogP contribution in [0.3, 0.4) is 0 Å². The third-order valence-electron chi connectivity index (χ3n) is 5.72. The third-order valence-corrected chi connectivity index (χ3v) is 6.24. The van der Waals surface area contributed by atoms with E-state index in [4.69, 9.17) is 9.79 Å². The summed E-state index contributed by atoms with van der Waals surface area (Å²) in [6, 6.07) is 8.51. The second-order valence-electron chi connectivity index (χ2n) is 8.83. The molecule has 0 spiro atoms. The standard InChI is InChI=1S/C25H25F3N5O5P/c1-15-11-30-24-32-22(14-33(24)13-15)18-5-3-16(2)21(10-18)31-23(34)19-6-4-17(9-20(19)25(26,27)28)12-29-7-8-38-39(35,36)37/h3-6,9-11,13-14,29H,7-8,12H2,1-2H3,(H,31,34)(H2,35,36,37). The Morgan fingerprint density at radius 3 is 2.62 bits per heavy atom. The number of phosphoric acid groups is 1. The van der Waals surface area contributed by atoms with Gasteiger partial charge in [0.25, 0.3) is 5.91 Å². The van der Waals surface area contributed by atoms with Crippen molar-refractivity contribution in [2.45, 2.75) is 26.6 Å². The molecule has 0 aliphatic heterocycles. The van der Waals surface area contributed by atoms with Crippen molar-refractivity contribution in [3.8, 4) is 11.3 Å². The highest BCUT2D eigenvalue weighted by atomic mass is 31.2. The maximum atomic E-state index is 13.9. The SMILES string of the molecule is Cc1cnc2nc(-c3ccc(C)c(NC(=O)c4ccc(CNCCOP(=O)(O)O)cc4C(F)(F)F)c3)cn2c1. The Labute approximate surface area is 221 Å². The number of aromatic nitrogens is 3. The Balaban J connectivity index is 1.53. The van der Waals surface area contributed by atoms with E-state index in [1.165, 1.54) is 6.07 Å². The number of aryl methyl sites for hydroxylation is 2. The van der Waals surface area contributed by atoms with Crippen molar-refractivity contribution in [1.82, 2.24) is 19.7 Å². The van der Waals surface area contributed by atoms with Gasteiger partial charge in [0.05, 0.1) is 23.4 Å². The Morgan fingerprint density at radius 1 is 1.13 bits per heavy atom. The van der Waals surface area contributed by atoms with E-state index in [2.05, 4.69) is 25.1 Å². The van der Waals surface area contributed by atoms with Crippen molar-refractivity contribution in [2.75, 3.05) is 18.5 Å². The number of hydrogen-bond acceptors (Lipinski definition) is 6. The average molecular weight is 563 g/mol. The number of carbonyl (C=O) groups is 1. The van der Waals surface area contributed by atoms with Crippen LogP contribution in [0.25, 0.3) is 17.0 Å². The Kier molecular flexibility index (Phi) is 8.19. The van der Waals surface area contributed by atoms with E-state index >= 15 is 0 Å². The lowest BCUT2D eigenvalue weighted by Crippen LogP contribution is -2.22. The summed E-state index contributed by atoms with van der Waals surface area (Å²) in [4.78, 5) is 39.1. The van der Waals surface area contributed by atoms with Gasteiger partial charge in [-0.1, -0.05) is 18.2 Å². The molecule has 206 valence electrons. The highest BCUT2D eigenvalue weighted by Gasteiger charge is 2.35. The van der Waals surface area contributed by atoms with Gasteiger partial charge in [0.15, 0.2) is 0 Å². The number of benzene rings is 2. The minimum Gasteiger partial charge on any atom is -0.322 e. The van der Waals surface area contributed by atoms with Gasteiger partial charge in [-0.3, -0.25) is 13.7 Å². The van der Waals surface area contributed by atoms with Crippen LogP contribution in [0.2, 0.25) is 0 Å². The number of fused-ring (bicyclic) bond motifs is 1. The maximum absolute atomic E-state index is 13.9. The molecular formula is C25H25F3N5O5P. The van der Waals surface area contributed by atoms with Gasteiger partial charge in [-0.25, -0.2) is 14.5 Å². The molecule has 1 amide bonds. The fraction of sp³-hybridized carbons (Fsp3) is 0.240. The summed E-state index contributed by atoms with van der Waals surface area (Å²) >= 11 is 0. The molecule has 0 atom stereocenters. The molecule has 2 heterocycles.